The highest BCUT2D eigenvalue weighted by molar-refractivity contribution is 5.94. The molecule has 5 amide bonds. The lowest BCUT2D eigenvalue weighted by Gasteiger charge is -2.60. The number of nitrogens with one attached hydrogen (secondary N) is 5. The van der Waals surface area contributed by atoms with Gasteiger partial charge in [-0.1, -0.05) is 43.7 Å². The molecule has 4 saturated carbocycles. The van der Waals surface area contributed by atoms with E-state index in [9.17, 15) is 29.1 Å². The van der Waals surface area contributed by atoms with Gasteiger partial charge in [-0.05, 0) is 62.8 Å². The van der Waals surface area contributed by atoms with E-state index in [-0.39, 0.29) is 36.1 Å². The fourth-order valence-corrected chi connectivity index (χ4v) is 6.38. The van der Waals surface area contributed by atoms with Crippen molar-refractivity contribution in [3.8, 4) is 0 Å². The Morgan fingerprint density at radius 2 is 1.64 bits per heavy atom. The third kappa shape index (κ3) is 6.94. The number of carbonyl (C=O) groups excluding carboxylic acids is 5. The first-order valence-electron chi connectivity index (χ1n) is 15.4. The summed E-state index contributed by atoms with van der Waals surface area (Å²) in [6, 6.07) is 6.60. The molecule has 1 saturated heterocycles. The third-order valence-corrected chi connectivity index (χ3v) is 9.24. The van der Waals surface area contributed by atoms with Crippen LogP contribution in [0.15, 0.2) is 30.3 Å². The molecule has 5 aliphatic rings. The minimum Gasteiger partial charge on any atom is -0.381 e. The molecule has 0 aromatic heterocycles. The van der Waals surface area contributed by atoms with E-state index in [4.69, 9.17) is 0 Å². The summed E-state index contributed by atoms with van der Waals surface area (Å²) >= 11 is 0. The van der Waals surface area contributed by atoms with Crippen LogP contribution in [0.2, 0.25) is 0 Å². The van der Waals surface area contributed by atoms with Gasteiger partial charge in [0.2, 0.25) is 23.6 Å². The Morgan fingerprint density at radius 1 is 0.952 bits per heavy atom. The number of hydrogen-bond acceptors (Lipinski definition) is 6. The number of benzene rings is 1. The topological polar surface area (TPSA) is 166 Å². The number of aliphatic hydroxyl groups excluding tert-OH is 1. The average molecular weight is 582 g/mol. The van der Waals surface area contributed by atoms with Crippen molar-refractivity contribution in [3.05, 3.63) is 35.9 Å². The summed E-state index contributed by atoms with van der Waals surface area (Å²) in [6.07, 6.45) is 4.52. The number of rotatable bonds is 15. The Labute approximate surface area is 246 Å². The van der Waals surface area contributed by atoms with Gasteiger partial charge in [0.05, 0.1) is 6.04 Å². The van der Waals surface area contributed by atoms with Crippen molar-refractivity contribution in [2.45, 2.75) is 101 Å². The van der Waals surface area contributed by atoms with Gasteiger partial charge >= 0.3 is 0 Å². The summed E-state index contributed by atoms with van der Waals surface area (Å²) in [4.78, 5) is 65.3. The Kier molecular flexibility index (Phi) is 9.15. The monoisotopic (exact) mass is 581 g/mol. The van der Waals surface area contributed by atoms with Crippen LogP contribution in [0.5, 0.6) is 0 Å². The van der Waals surface area contributed by atoms with Crippen LogP contribution in [0.25, 0.3) is 0 Å². The van der Waals surface area contributed by atoms with Crippen LogP contribution in [-0.2, 0) is 30.4 Å². The van der Waals surface area contributed by atoms with Gasteiger partial charge < -0.3 is 31.7 Å². The van der Waals surface area contributed by atoms with Gasteiger partial charge in [-0.3, -0.25) is 24.0 Å². The van der Waals surface area contributed by atoms with Crippen LogP contribution >= 0.6 is 0 Å². The third-order valence-electron chi connectivity index (χ3n) is 9.24. The van der Waals surface area contributed by atoms with Gasteiger partial charge in [0.25, 0.3) is 5.91 Å². The lowest BCUT2D eigenvalue weighted by Crippen LogP contribution is -2.64. The first-order chi connectivity index (χ1) is 20.2. The van der Waals surface area contributed by atoms with Crippen LogP contribution in [0.1, 0.15) is 70.3 Å². The molecule has 2 bridgehead atoms. The van der Waals surface area contributed by atoms with Crippen LogP contribution < -0.4 is 26.6 Å². The molecule has 6 N–H and O–H groups in total. The molecule has 42 heavy (non-hydrogen) atoms. The van der Waals surface area contributed by atoms with E-state index in [1.165, 1.54) is 0 Å². The van der Waals surface area contributed by atoms with Crippen molar-refractivity contribution in [1.82, 2.24) is 26.6 Å². The number of aliphatic hydroxyl groups is 1. The maximum atomic E-state index is 13.6. The molecule has 1 aromatic carbocycles. The van der Waals surface area contributed by atoms with E-state index in [1.807, 2.05) is 37.3 Å². The second kappa shape index (κ2) is 12.8. The molecule has 1 aliphatic heterocycles. The molecule has 0 radical (unpaired) electrons. The Balaban J connectivity index is 1.27. The van der Waals surface area contributed by atoms with Crippen LogP contribution in [-0.4, -0.2) is 71.5 Å². The van der Waals surface area contributed by atoms with Gasteiger partial charge in [0.15, 0.2) is 6.10 Å². The van der Waals surface area contributed by atoms with E-state index >= 15 is 0 Å². The zero-order valence-electron chi connectivity index (χ0n) is 24.2. The van der Waals surface area contributed by atoms with Crippen molar-refractivity contribution in [1.29, 1.82) is 0 Å². The molecule has 6 rings (SSSR count). The molecule has 1 aromatic rings. The first-order valence-corrected chi connectivity index (χ1v) is 15.4. The lowest BCUT2D eigenvalue weighted by molar-refractivity contribution is -0.166. The molecule has 1 heterocycles. The molecule has 5 atom stereocenters. The van der Waals surface area contributed by atoms with Gasteiger partial charge in [-0.25, -0.2) is 0 Å². The molecular weight excluding hydrogens is 538 g/mol. The van der Waals surface area contributed by atoms with E-state index in [0.717, 1.165) is 37.7 Å². The highest BCUT2D eigenvalue weighted by Crippen LogP contribution is 2.64. The van der Waals surface area contributed by atoms with Crippen molar-refractivity contribution in [2.24, 2.45) is 17.3 Å². The Bertz CT molecular complexity index is 1170. The smallest absolute Gasteiger partial charge is 0.251 e. The van der Waals surface area contributed by atoms with E-state index in [1.54, 1.807) is 0 Å². The highest BCUT2D eigenvalue weighted by Gasteiger charge is 2.61. The van der Waals surface area contributed by atoms with Crippen LogP contribution in [0, 0.1) is 17.3 Å². The zero-order valence-corrected chi connectivity index (χ0v) is 24.2. The zero-order chi connectivity index (χ0) is 29.9. The van der Waals surface area contributed by atoms with Gasteiger partial charge in [-0.2, -0.15) is 0 Å². The van der Waals surface area contributed by atoms with Crippen LogP contribution in [0.4, 0.5) is 0 Å². The first kappa shape index (κ1) is 30.0. The predicted molar refractivity (Wildman–Crippen MR) is 154 cm³/mol. The second-order valence-corrected chi connectivity index (χ2v) is 12.7. The highest BCUT2D eigenvalue weighted by atomic mass is 16.3. The Morgan fingerprint density at radius 3 is 2.21 bits per heavy atom. The summed E-state index contributed by atoms with van der Waals surface area (Å²) in [5, 5.41) is 25.0. The van der Waals surface area contributed by atoms with Crippen LogP contribution in [0.3, 0.4) is 0 Å². The number of hydrogen-bond donors (Lipinski definition) is 6. The minimum atomic E-state index is -1.54. The lowest BCUT2D eigenvalue weighted by atomic mass is 9.44. The maximum Gasteiger partial charge on any atom is 0.251 e. The minimum absolute atomic E-state index is 0.0208. The SMILES string of the molecule is CCCC(NC(=O)C(Cc1ccccc1)NC(=O)C12CC(C1)C2)C(=O)NC(CC1CCNC1=O)C(O)C(=O)NC1CC1. The largest absolute Gasteiger partial charge is 0.381 e. The second-order valence-electron chi connectivity index (χ2n) is 12.7. The predicted octanol–water partition coefficient (Wildman–Crippen LogP) is 0.449. The molecule has 0 spiro atoms. The van der Waals surface area contributed by atoms with Crippen molar-refractivity contribution in [3.63, 3.8) is 0 Å². The van der Waals surface area contributed by atoms with E-state index in [0.29, 0.717) is 31.7 Å². The molecule has 5 fully saturated rings. The van der Waals surface area contributed by atoms with Crippen molar-refractivity contribution < 1.29 is 29.1 Å². The molecule has 5 unspecified atom stereocenters. The summed E-state index contributed by atoms with van der Waals surface area (Å²) in [6.45, 7) is 2.39. The maximum absolute atomic E-state index is 13.6. The molecular formula is C31H43N5O6. The van der Waals surface area contributed by atoms with Gasteiger partial charge in [0.1, 0.15) is 12.1 Å². The van der Waals surface area contributed by atoms with Crippen molar-refractivity contribution in [2.75, 3.05) is 6.54 Å². The quantitative estimate of drug-likeness (QED) is 0.176. The number of carbonyl (C=O) groups is 5. The fourth-order valence-electron chi connectivity index (χ4n) is 6.38. The standard InChI is InChI=1S/C31H43N5O6/c1-2-6-22(27(39)35-23(14-20-11-12-32-26(20)38)25(37)29(41)33-21-9-10-21)34-28(40)24(13-18-7-4-3-5-8-18)36-30(42)31-15-19(16-31)17-31/h3-5,7-8,19-25,37H,2,6,9-17H2,1H3,(H,32,38)(H,33,41)(H,34,40)(H,35,39)(H,36,42). The van der Waals surface area contributed by atoms with Gasteiger partial charge in [0, 0.05) is 30.3 Å². The molecule has 228 valence electrons. The van der Waals surface area contributed by atoms with E-state index in [2.05, 4.69) is 26.6 Å². The average Bonchev–Trinajstić information content (AvgIpc) is 3.64. The summed E-state index contributed by atoms with van der Waals surface area (Å²) in [5.74, 6) is -1.72. The van der Waals surface area contributed by atoms with E-state index < -0.39 is 47.9 Å². The normalized spacial score (nSPS) is 26.8. The Hall–Kier alpha value is -3.47. The summed E-state index contributed by atoms with van der Waals surface area (Å²) in [5.41, 5.74) is 0.517. The number of amides is 5. The van der Waals surface area contributed by atoms with Crippen molar-refractivity contribution >= 4 is 29.5 Å². The molecule has 11 nitrogen and oxygen atoms in total. The molecule has 11 heteroatoms. The fraction of sp³-hybridized carbons (Fsp3) is 0.645. The molecule has 4 aliphatic carbocycles. The summed E-state index contributed by atoms with van der Waals surface area (Å²) < 4.78 is 0. The van der Waals surface area contributed by atoms with Gasteiger partial charge in [-0.15, -0.1) is 0 Å². The summed E-state index contributed by atoms with van der Waals surface area (Å²) in [7, 11) is 0.